The highest BCUT2D eigenvalue weighted by Gasteiger charge is 2.28. The Hall–Kier alpha value is -5.16. The van der Waals surface area contributed by atoms with Crippen molar-refractivity contribution in [3.05, 3.63) is 72.4 Å². The van der Waals surface area contributed by atoms with E-state index in [4.69, 9.17) is 19.2 Å². The molecule has 0 atom stereocenters. The van der Waals surface area contributed by atoms with Crippen LogP contribution in [-0.2, 0) is 10.0 Å². The summed E-state index contributed by atoms with van der Waals surface area (Å²) >= 11 is 0. The SMILES string of the molecule is CCNS(=O)(=O)c1ccccc1Nc1nc(Nc2ccc(N3CCC(N4CCN(C)CC4)CC3)c(OC)c2)ncc1NC(=O)c1cc(OC)cc(OC)c1. The minimum atomic E-state index is -3.85. The van der Waals surface area contributed by atoms with Gasteiger partial charge in [-0.2, -0.15) is 4.98 Å². The molecule has 16 heteroatoms. The smallest absolute Gasteiger partial charge is 0.256 e. The first kappa shape index (κ1) is 38.6. The predicted octanol–water partition coefficient (Wildman–Crippen LogP) is 4.76. The lowest BCUT2D eigenvalue weighted by molar-refractivity contribution is 0.0981. The number of nitrogens with one attached hydrogen (secondary N) is 4. The summed E-state index contributed by atoms with van der Waals surface area (Å²) in [6.45, 7) is 8.28. The molecule has 2 aliphatic rings. The van der Waals surface area contributed by atoms with Crippen molar-refractivity contribution in [3.8, 4) is 17.2 Å². The van der Waals surface area contributed by atoms with E-state index >= 15 is 0 Å². The lowest BCUT2D eigenvalue weighted by atomic mass is 10.0. The molecule has 3 heterocycles. The van der Waals surface area contributed by atoms with E-state index in [0.717, 1.165) is 63.5 Å². The Kier molecular flexibility index (Phi) is 12.4. The van der Waals surface area contributed by atoms with Crippen molar-refractivity contribution in [2.45, 2.75) is 30.7 Å². The maximum Gasteiger partial charge on any atom is 0.256 e. The maximum absolute atomic E-state index is 13.5. The average Bonchev–Trinajstić information content (AvgIpc) is 3.19. The van der Waals surface area contributed by atoms with Crippen molar-refractivity contribution < 1.29 is 27.4 Å². The summed E-state index contributed by atoms with van der Waals surface area (Å²) in [4.78, 5) is 30.2. The van der Waals surface area contributed by atoms with Crippen LogP contribution in [0.3, 0.4) is 0 Å². The first-order valence-electron chi connectivity index (χ1n) is 18.0. The highest BCUT2D eigenvalue weighted by molar-refractivity contribution is 7.89. The molecule has 2 saturated heterocycles. The third-order valence-electron chi connectivity index (χ3n) is 9.71. The molecule has 0 radical (unpaired) electrons. The van der Waals surface area contributed by atoms with E-state index in [1.54, 1.807) is 50.4 Å². The molecule has 2 aliphatic heterocycles. The molecule has 1 amide bonds. The van der Waals surface area contributed by atoms with Gasteiger partial charge in [-0.3, -0.25) is 9.69 Å². The molecule has 0 unspecified atom stereocenters. The second-order valence-electron chi connectivity index (χ2n) is 13.2. The Morgan fingerprint density at radius 2 is 1.56 bits per heavy atom. The Morgan fingerprint density at radius 3 is 2.22 bits per heavy atom. The van der Waals surface area contributed by atoms with Crippen molar-refractivity contribution in [2.24, 2.45) is 0 Å². The molecular weight excluding hydrogens is 711 g/mol. The van der Waals surface area contributed by atoms with Crippen LogP contribution in [0.5, 0.6) is 17.2 Å². The van der Waals surface area contributed by atoms with Gasteiger partial charge in [0.25, 0.3) is 5.91 Å². The zero-order valence-electron chi connectivity index (χ0n) is 31.4. The number of ether oxygens (including phenoxy) is 3. The molecular formula is C38H49N9O6S. The van der Waals surface area contributed by atoms with Gasteiger partial charge < -0.3 is 40.0 Å². The monoisotopic (exact) mass is 759 g/mol. The summed E-state index contributed by atoms with van der Waals surface area (Å²) in [7, 11) is 2.99. The molecule has 3 aromatic carbocycles. The number of carbonyl (C=O) groups excluding carboxylic acids is 1. The number of rotatable bonds is 14. The third kappa shape index (κ3) is 9.13. The van der Waals surface area contributed by atoms with Crippen LogP contribution in [-0.4, -0.2) is 114 Å². The van der Waals surface area contributed by atoms with E-state index in [1.165, 1.54) is 26.5 Å². The second-order valence-corrected chi connectivity index (χ2v) is 14.9. The fourth-order valence-corrected chi connectivity index (χ4v) is 7.97. The molecule has 2 fully saturated rings. The van der Waals surface area contributed by atoms with Gasteiger partial charge in [0.1, 0.15) is 27.8 Å². The van der Waals surface area contributed by atoms with Crippen LogP contribution in [0.15, 0.2) is 71.8 Å². The molecule has 6 rings (SSSR count). The van der Waals surface area contributed by atoms with Gasteiger partial charge in [-0.05, 0) is 56.3 Å². The van der Waals surface area contributed by atoms with E-state index in [2.05, 4.69) is 47.4 Å². The number of benzene rings is 3. The quantitative estimate of drug-likeness (QED) is 0.139. The number of para-hydroxylation sites is 1. The van der Waals surface area contributed by atoms with Gasteiger partial charge in [0.2, 0.25) is 16.0 Å². The molecule has 15 nitrogen and oxygen atoms in total. The fraction of sp³-hybridized carbons (Fsp3) is 0.395. The number of anilines is 6. The van der Waals surface area contributed by atoms with E-state index in [-0.39, 0.29) is 40.1 Å². The number of hydrogen-bond acceptors (Lipinski definition) is 13. The minimum absolute atomic E-state index is 0.0164. The average molecular weight is 760 g/mol. The van der Waals surface area contributed by atoms with E-state index in [0.29, 0.717) is 23.2 Å². The van der Waals surface area contributed by atoms with Crippen LogP contribution in [0.4, 0.5) is 34.5 Å². The fourth-order valence-electron chi connectivity index (χ4n) is 6.77. The summed E-state index contributed by atoms with van der Waals surface area (Å²) < 4.78 is 45.3. The Morgan fingerprint density at radius 1 is 0.852 bits per heavy atom. The largest absolute Gasteiger partial charge is 0.497 e. The summed E-state index contributed by atoms with van der Waals surface area (Å²) in [6.07, 6.45) is 3.65. The van der Waals surface area contributed by atoms with E-state index < -0.39 is 15.9 Å². The molecule has 0 bridgehead atoms. The number of carbonyl (C=O) groups is 1. The van der Waals surface area contributed by atoms with Gasteiger partial charge >= 0.3 is 0 Å². The number of piperidine rings is 1. The first-order valence-corrected chi connectivity index (χ1v) is 19.5. The molecule has 54 heavy (non-hydrogen) atoms. The molecule has 0 spiro atoms. The van der Waals surface area contributed by atoms with Crippen molar-refractivity contribution in [2.75, 3.05) is 95.0 Å². The van der Waals surface area contributed by atoms with E-state index in [9.17, 15) is 13.2 Å². The third-order valence-corrected chi connectivity index (χ3v) is 11.3. The summed E-state index contributed by atoms with van der Waals surface area (Å²) in [5, 5.41) is 9.23. The van der Waals surface area contributed by atoms with Gasteiger partial charge in [0.05, 0.1) is 38.9 Å². The molecule has 1 aromatic heterocycles. The molecule has 4 N–H and O–H groups in total. The van der Waals surface area contributed by atoms with Crippen LogP contribution in [0.2, 0.25) is 0 Å². The lowest BCUT2D eigenvalue weighted by Gasteiger charge is -2.42. The van der Waals surface area contributed by atoms with Gasteiger partial charge in [-0.25, -0.2) is 18.1 Å². The number of aromatic nitrogens is 2. The molecule has 0 saturated carbocycles. The van der Waals surface area contributed by atoms with Crippen molar-refractivity contribution >= 4 is 50.4 Å². The van der Waals surface area contributed by atoms with Crippen molar-refractivity contribution in [3.63, 3.8) is 0 Å². The van der Waals surface area contributed by atoms with Crippen molar-refractivity contribution in [1.82, 2.24) is 24.5 Å². The van der Waals surface area contributed by atoms with Gasteiger partial charge in [0.15, 0.2) is 5.82 Å². The Labute approximate surface area is 317 Å². The zero-order valence-corrected chi connectivity index (χ0v) is 32.2. The number of nitrogens with zero attached hydrogens (tertiary/aromatic N) is 5. The zero-order chi connectivity index (χ0) is 38.2. The van der Waals surface area contributed by atoms with Crippen LogP contribution in [0.25, 0.3) is 0 Å². The number of likely N-dealkylation sites (N-methyl/N-ethyl adjacent to an activating group) is 1. The van der Waals surface area contributed by atoms with Crippen LogP contribution >= 0.6 is 0 Å². The number of sulfonamides is 1. The summed E-state index contributed by atoms with van der Waals surface area (Å²) in [6, 6.07) is 17.8. The molecule has 288 valence electrons. The predicted molar refractivity (Wildman–Crippen MR) is 211 cm³/mol. The minimum Gasteiger partial charge on any atom is -0.497 e. The second kappa shape index (κ2) is 17.3. The van der Waals surface area contributed by atoms with Crippen molar-refractivity contribution in [1.29, 1.82) is 0 Å². The highest BCUT2D eigenvalue weighted by atomic mass is 32.2. The number of piperazine rings is 1. The Balaban J connectivity index is 1.25. The van der Waals surface area contributed by atoms with Crippen LogP contribution in [0.1, 0.15) is 30.1 Å². The number of hydrogen-bond donors (Lipinski definition) is 4. The summed E-state index contributed by atoms with van der Waals surface area (Å²) in [5.74, 6) is 1.47. The number of amides is 1. The summed E-state index contributed by atoms with van der Waals surface area (Å²) in [5.41, 5.74) is 2.43. The lowest BCUT2D eigenvalue weighted by Crippen LogP contribution is -2.52. The number of methoxy groups -OCH3 is 3. The topological polar surface area (TPSA) is 163 Å². The van der Waals surface area contributed by atoms with Gasteiger partial charge in [-0.1, -0.05) is 19.1 Å². The van der Waals surface area contributed by atoms with Crippen LogP contribution < -0.4 is 39.8 Å². The van der Waals surface area contributed by atoms with Gasteiger partial charge in [-0.15, -0.1) is 0 Å². The van der Waals surface area contributed by atoms with Crippen LogP contribution in [0, 0.1) is 0 Å². The first-order chi connectivity index (χ1) is 26.1. The maximum atomic E-state index is 13.5. The highest BCUT2D eigenvalue weighted by Crippen LogP contribution is 2.35. The standard InChI is InChI=1S/C38H49N9O6S/c1-6-40-54(49,50)35-10-8-7-9-31(35)42-36-32(43-37(48)26-21-29(51-3)24-30(22-26)52-4)25-39-38(44-36)41-27-11-12-33(34(23-27)53-5)47-15-13-28(14-16-47)46-19-17-45(2)18-20-46/h7-12,21-25,28,40H,6,13-20H2,1-5H3,(H,43,48)(H2,39,41,42,44). The normalized spacial score (nSPS) is 15.8. The molecule has 4 aromatic rings. The van der Waals surface area contributed by atoms with Gasteiger partial charge in [0, 0.05) is 75.2 Å². The molecule has 0 aliphatic carbocycles. The Bertz CT molecular complexity index is 2010. The van der Waals surface area contributed by atoms with E-state index in [1.807, 2.05) is 18.2 Å².